The zero-order valence-corrected chi connectivity index (χ0v) is 11.0. The highest BCUT2D eigenvalue weighted by atomic mass is 15.1. The van der Waals surface area contributed by atoms with Crippen LogP contribution in [-0.4, -0.2) is 16.0 Å². The molecule has 0 aromatic carbocycles. The van der Waals surface area contributed by atoms with E-state index in [2.05, 4.69) is 22.2 Å². The minimum Gasteiger partial charge on any atom is -0.383 e. The Labute approximate surface area is 103 Å². The molecule has 3 N–H and O–H groups in total. The van der Waals surface area contributed by atoms with Crippen molar-refractivity contribution in [3.05, 3.63) is 11.4 Å². The summed E-state index contributed by atoms with van der Waals surface area (Å²) in [5.74, 6) is 3.06. The average Bonchev–Trinajstić information content (AvgIpc) is 2.70. The summed E-state index contributed by atoms with van der Waals surface area (Å²) >= 11 is 0. The number of nitrogens with two attached hydrogens (primary N) is 1. The Morgan fingerprint density at radius 1 is 1.35 bits per heavy atom. The Bertz CT molecular complexity index is 403. The second-order valence-corrected chi connectivity index (χ2v) is 5.01. The molecule has 94 valence electrons. The summed E-state index contributed by atoms with van der Waals surface area (Å²) in [6, 6.07) is 0.535. The standard InChI is InChI=1S/C13H22N4/c1-4-11-16-12(14)9(3)13(17-11)15-10-7-5-6-8(10)2/h8,10H,4-7H2,1-3H3,(H3,14,15,16,17). The maximum atomic E-state index is 5.91. The molecule has 0 amide bonds. The van der Waals surface area contributed by atoms with Crippen LogP contribution in [0.2, 0.25) is 0 Å². The second-order valence-electron chi connectivity index (χ2n) is 5.01. The van der Waals surface area contributed by atoms with E-state index in [1.54, 1.807) is 0 Å². The summed E-state index contributed by atoms with van der Waals surface area (Å²) in [4.78, 5) is 8.82. The van der Waals surface area contributed by atoms with Crippen LogP contribution in [0.25, 0.3) is 0 Å². The van der Waals surface area contributed by atoms with Crippen molar-refractivity contribution in [1.29, 1.82) is 0 Å². The van der Waals surface area contributed by atoms with E-state index in [4.69, 9.17) is 5.73 Å². The molecule has 1 aliphatic rings. The molecule has 0 radical (unpaired) electrons. The van der Waals surface area contributed by atoms with E-state index >= 15 is 0 Å². The van der Waals surface area contributed by atoms with Crippen molar-refractivity contribution < 1.29 is 0 Å². The van der Waals surface area contributed by atoms with Crippen molar-refractivity contribution in [2.45, 2.75) is 52.5 Å². The normalized spacial score (nSPS) is 23.9. The molecule has 2 unspecified atom stereocenters. The van der Waals surface area contributed by atoms with Crippen molar-refractivity contribution in [2.24, 2.45) is 5.92 Å². The van der Waals surface area contributed by atoms with Crippen LogP contribution in [0.3, 0.4) is 0 Å². The van der Waals surface area contributed by atoms with E-state index < -0.39 is 0 Å². The number of rotatable bonds is 3. The quantitative estimate of drug-likeness (QED) is 0.843. The molecule has 4 nitrogen and oxygen atoms in total. The number of nitrogen functional groups attached to an aromatic ring is 1. The predicted molar refractivity (Wildman–Crippen MR) is 71.0 cm³/mol. The van der Waals surface area contributed by atoms with Gasteiger partial charge in [0.25, 0.3) is 0 Å². The molecule has 0 spiro atoms. The van der Waals surface area contributed by atoms with E-state index in [0.717, 1.165) is 29.5 Å². The van der Waals surface area contributed by atoms with E-state index in [0.29, 0.717) is 11.9 Å². The van der Waals surface area contributed by atoms with Gasteiger partial charge in [-0.1, -0.05) is 20.3 Å². The molecule has 4 heteroatoms. The molecule has 1 heterocycles. The number of nitrogens with one attached hydrogen (secondary N) is 1. The van der Waals surface area contributed by atoms with Gasteiger partial charge in [-0.05, 0) is 25.7 Å². The van der Waals surface area contributed by atoms with Gasteiger partial charge in [-0.25, -0.2) is 9.97 Å². The molecule has 1 fully saturated rings. The van der Waals surface area contributed by atoms with E-state index in [-0.39, 0.29) is 0 Å². The largest absolute Gasteiger partial charge is 0.383 e. The zero-order chi connectivity index (χ0) is 12.4. The van der Waals surface area contributed by atoms with Crippen molar-refractivity contribution in [2.75, 3.05) is 11.1 Å². The minimum absolute atomic E-state index is 0.535. The molecule has 1 aromatic heterocycles. The number of nitrogens with zero attached hydrogens (tertiary/aromatic N) is 2. The average molecular weight is 234 g/mol. The van der Waals surface area contributed by atoms with E-state index in [1.165, 1.54) is 19.3 Å². The lowest BCUT2D eigenvalue weighted by molar-refractivity contribution is 0.554. The summed E-state index contributed by atoms with van der Waals surface area (Å²) in [7, 11) is 0. The predicted octanol–water partition coefficient (Wildman–Crippen LogP) is 2.53. The molecule has 1 aliphatic carbocycles. The lowest BCUT2D eigenvalue weighted by Gasteiger charge is -2.20. The van der Waals surface area contributed by atoms with Gasteiger partial charge in [0.15, 0.2) is 0 Å². The van der Waals surface area contributed by atoms with Gasteiger partial charge < -0.3 is 11.1 Å². The van der Waals surface area contributed by atoms with Gasteiger partial charge in [0.05, 0.1) is 0 Å². The highest BCUT2D eigenvalue weighted by molar-refractivity contribution is 5.55. The van der Waals surface area contributed by atoms with Crippen LogP contribution in [0.1, 0.15) is 44.5 Å². The maximum Gasteiger partial charge on any atom is 0.134 e. The van der Waals surface area contributed by atoms with Crippen molar-refractivity contribution in [3.8, 4) is 0 Å². The highest BCUT2D eigenvalue weighted by Gasteiger charge is 2.24. The van der Waals surface area contributed by atoms with Crippen LogP contribution in [0.4, 0.5) is 11.6 Å². The summed E-state index contributed by atoms with van der Waals surface area (Å²) in [6.45, 7) is 6.33. The Balaban J connectivity index is 2.22. The number of aryl methyl sites for hydroxylation is 1. The Morgan fingerprint density at radius 3 is 2.71 bits per heavy atom. The number of hydrogen-bond donors (Lipinski definition) is 2. The van der Waals surface area contributed by atoms with Gasteiger partial charge in [0, 0.05) is 18.0 Å². The van der Waals surface area contributed by atoms with Gasteiger partial charge in [0.2, 0.25) is 0 Å². The smallest absolute Gasteiger partial charge is 0.134 e. The topological polar surface area (TPSA) is 63.8 Å². The van der Waals surface area contributed by atoms with Crippen molar-refractivity contribution in [1.82, 2.24) is 9.97 Å². The van der Waals surface area contributed by atoms with Crippen LogP contribution in [0.15, 0.2) is 0 Å². The monoisotopic (exact) mass is 234 g/mol. The number of aromatic nitrogens is 2. The maximum absolute atomic E-state index is 5.91. The van der Waals surface area contributed by atoms with E-state index in [1.807, 2.05) is 13.8 Å². The first kappa shape index (κ1) is 12.1. The lowest BCUT2D eigenvalue weighted by atomic mass is 10.1. The first-order chi connectivity index (χ1) is 8.11. The molecule has 1 aromatic rings. The molecule has 1 saturated carbocycles. The molecule has 17 heavy (non-hydrogen) atoms. The minimum atomic E-state index is 0.535. The Morgan fingerprint density at radius 2 is 2.12 bits per heavy atom. The zero-order valence-electron chi connectivity index (χ0n) is 11.0. The second kappa shape index (κ2) is 4.90. The third kappa shape index (κ3) is 2.51. The van der Waals surface area contributed by atoms with Crippen LogP contribution in [0.5, 0.6) is 0 Å². The Kier molecular flexibility index (Phi) is 3.50. The van der Waals surface area contributed by atoms with Gasteiger partial charge in [-0.15, -0.1) is 0 Å². The first-order valence-electron chi connectivity index (χ1n) is 6.51. The molecule has 2 rings (SSSR count). The van der Waals surface area contributed by atoms with Crippen LogP contribution >= 0.6 is 0 Å². The summed E-state index contributed by atoms with van der Waals surface area (Å²) in [5, 5.41) is 3.54. The van der Waals surface area contributed by atoms with Crippen molar-refractivity contribution in [3.63, 3.8) is 0 Å². The fourth-order valence-corrected chi connectivity index (χ4v) is 2.42. The summed E-state index contributed by atoms with van der Waals surface area (Å²) < 4.78 is 0. The molecule has 2 atom stereocenters. The van der Waals surface area contributed by atoms with Crippen LogP contribution < -0.4 is 11.1 Å². The Hall–Kier alpha value is -1.32. The third-order valence-corrected chi connectivity index (χ3v) is 3.73. The van der Waals surface area contributed by atoms with E-state index in [9.17, 15) is 0 Å². The lowest BCUT2D eigenvalue weighted by Crippen LogP contribution is -2.23. The first-order valence-corrected chi connectivity index (χ1v) is 6.51. The van der Waals surface area contributed by atoms with Crippen LogP contribution in [-0.2, 0) is 6.42 Å². The van der Waals surface area contributed by atoms with Gasteiger partial charge in [0.1, 0.15) is 17.5 Å². The molecular formula is C13H22N4. The molecule has 0 aliphatic heterocycles. The molecule has 0 saturated heterocycles. The fraction of sp³-hybridized carbons (Fsp3) is 0.692. The fourth-order valence-electron chi connectivity index (χ4n) is 2.42. The summed E-state index contributed by atoms with van der Waals surface area (Å²) in [6.07, 6.45) is 4.66. The van der Waals surface area contributed by atoms with Crippen molar-refractivity contribution >= 4 is 11.6 Å². The number of hydrogen-bond acceptors (Lipinski definition) is 4. The SMILES string of the molecule is CCc1nc(N)c(C)c(NC2CCCC2C)n1. The molecular weight excluding hydrogens is 212 g/mol. The highest BCUT2D eigenvalue weighted by Crippen LogP contribution is 2.29. The van der Waals surface area contributed by atoms with Gasteiger partial charge in [-0.2, -0.15) is 0 Å². The third-order valence-electron chi connectivity index (χ3n) is 3.73. The summed E-state index contributed by atoms with van der Waals surface area (Å²) in [5.41, 5.74) is 6.89. The van der Waals surface area contributed by atoms with Gasteiger partial charge in [-0.3, -0.25) is 0 Å². The van der Waals surface area contributed by atoms with Crippen LogP contribution in [0, 0.1) is 12.8 Å². The number of anilines is 2. The van der Waals surface area contributed by atoms with Gasteiger partial charge >= 0.3 is 0 Å². The molecule has 0 bridgehead atoms.